The van der Waals surface area contributed by atoms with Gasteiger partial charge in [-0.05, 0) is 32.4 Å². The Morgan fingerprint density at radius 2 is 2.06 bits per heavy atom. The highest BCUT2D eigenvalue weighted by Crippen LogP contribution is 2.46. The number of hydrogen-bond acceptors (Lipinski definition) is 9. The quantitative estimate of drug-likeness (QED) is 0.276. The van der Waals surface area contributed by atoms with Gasteiger partial charge in [0.25, 0.3) is 0 Å². The van der Waals surface area contributed by atoms with Gasteiger partial charge in [-0.1, -0.05) is 29.8 Å². The zero-order valence-corrected chi connectivity index (χ0v) is 20.4. The molecule has 1 aliphatic rings. The predicted octanol–water partition coefficient (Wildman–Crippen LogP) is 3.11. The number of nitrogens with one attached hydrogen (secondary N) is 1. The second-order valence-corrected chi connectivity index (χ2v) is 9.94. The third-order valence-corrected chi connectivity index (χ3v) is 7.18. The van der Waals surface area contributed by atoms with Crippen molar-refractivity contribution in [3.05, 3.63) is 48.3 Å². The molecule has 35 heavy (non-hydrogen) atoms. The number of benzene rings is 1. The molecule has 0 saturated heterocycles. The van der Waals surface area contributed by atoms with E-state index in [4.69, 9.17) is 19.5 Å². The Hall–Kier alpha value is -3.47. The van der Waals surface area contributed by atoms with Crippen LogP contribution < -0.4 is 20.1 Å². The number of aryl methyl sites for hydroxylation is 1. The van der Waals surface area contributed by atoms with Gasteiger partial charge in [0.2, 0.25) is 11.8 Å². The molecule has 0 fully saturated rings. The summed E-state index contributed by atoms with van der Waals surface area (Å²) in [4.78, 5) is 24.0. The SMILES string of the molecule is COc1nc(N)nc2c1ncn2[C@H]1C=C[C@@H](COP(=O)(N[C@@H](C)C(=O)O)Oc2ccc(C)cc2)C1. The van der Waals surface area contributed by atoms with Crippen LogP contribution in [-0.2, 0) is 13.9 Å². The van der Waals surface area contributed by atoms with Crippen LogP contribution in [-0.4, -0.2) is 50.4 Å². The standard InChI is InChI=1S/C22H27N6O6P/c1-13-4-8-17(9-5-13)34-35(31,27-14(2)21(29)30)33-11-15-6-7-16(10-15)28-12-24-18-19(28)25-22(23)26-20(18)32-3/h4-9,12,14-16H,10-11H2,1-3H3,(H,27,31)(H,29,30)(H2,23,25,26)/t14-,15+,16-,35?/m0/s1. The summed E-state index contributed by atoms with van der Waals surface area (Å²) < 4.78 is 31.8. The van der Waals surface area contributed by atoms with Crippen molar-refractivity contribution in [2.45, 2.75) is 32.4 Å². The van der Waals surface area contributed by atoms with Crippen LogP contribution in [0.3, 0.4) is 0 Å². The first kappa shape index (κ1) is 24.6. The molecule has 0 bridgehead atoms. The fraction of sp³-hybridized carbons (Fsp3) is 0.364. The number of imidazole rings is 1. The summed E-state index contributed by atoms with van der Waals surface area (Å²) in [6.07, 6.45) is 6.16. The maximum atomic E-state index is 13.4. The molecule has 4 N–H and O–H groups in total. The molecule has 13 heteroatoms. The number of allylic oxidation sites excluding steroid dienone is 1. The maximum absolute atomic E-state index is 13.4. The van der Waals surface area contributed by atoms with E-state index in [0.717, 1.165) is 5.56 Å². The Kier molecular flexibility index (Phi) is 7.06. The number of hydrogen-bond donors (Lipinski definition) is 3. The zero-order valence-electron chi connectivity index (χ0n) is 19.5. The van der Waals surface area contributed by atoms with Crippen molar-refractivity contribution in [2.24, 2.45) is 5.92 Å². The molecular formula is C22H27N6O6P. The first-order valence-electron chi connectivity index (χ1n) is 10.9. The average molecular weight is 502 g/mol. The minimum atomic E-state index is -3.99. The highest BCUT2D eigenvalue weighted by atomic mass is 31.2. The lowest BCUT2D eigenvalue weighted by atomic mass is 10.1. The first-order valence-corrected chi connectivity index (χ1v) is 12.5. The van der Waals surface area contributed by atoms with Gasteiger partial charge in [-0.2, -0.15) is 15.1 Å². The Labute approximate surface area is 201 Å². The second kappa shape index (κ2) is 10.0. The van der Waals surface area contributed by atoms with Gasteiger partial charge >= 0.3 is 13.7 Å². The van der Waals surface area contributed by atoms with Gasteiger partial charge < -0.3 is 24.7 Å². The monoisotopic (exact) mass is 502 g/mol. The van der Waals surface area contributed by atoms with Crippen LogP contribution in [0.4, 0.5) is 5.95 Å². The molecule has 4 rings (SSSR count). The number of aromatic nitrogens is 4. The van der Waals surface area contributed by atoms with Crippen molar-refractivity contribution in [1.29, 1.82) is 0 Å². The molecular weight excluding hydrogens is 475 g/mol. The van der Waals surface area contributed by atoms with E-state index in [1.807, 2.05) is 23.6 Å². The van der Waals surface area contributed by atoms with Crippen LogP contribution >= 0.6 is 7.75 Å². The van der Waals surface area contributed by atoms with E-state index in [-0.39, 0.29) is 24.5 Å². The molecule has 186 valence electrons. The molecule has 1 aromatic carbocycles. The normalized spacial score (nSPS) is 20.0. The number of fused-ring (bicyclic) bond motifs is 1. The molecule has 0 radical (unpaired) electrons. The fourth-order valence-corrected chi connectivity index (χ4v) is 5.24. The number of ether oxygens (including phenoxy) is 1. The van der Waals surface area contributed by atoms with Crippen molar-refractivity contribution >= 4 is 30.8 Å². The zero-order chi connectivity index (χ0) is 25.2. The van der Waals surface area contributed by atoms with E-state index in [2.05, 4.69) is 20.0 Å². The predicted molar refractivity (Wildman–Crippen MR) is 128 cm³/mol. The molecule has 4 atom stereocenters. The van der Waals surface area contributed by atoms with E-state index in [1.54, 1.807) is 30.6 Å². The van der Waals surface area contributed by atoms with Gasteiger partial charge in [-0.15, -0.1) is 0 Å². The van der Waals surface area contributed by atoms with Crippen LogP contribution in [0.15, 0.2) is 42.7 Å². The third kappa shape index (κ3) is 5.61. The van der Waals surface area contributed by atoms with Crippen LogP contribution in [0.1, 0.15) is 24.9 Å². The van der Waals surface area contributed by atoms with Crippen LogP contribution in [0.2, 0.25) is 0 Å². The molecule has 1 unspecified atom stereocenters. The summed E-state index contributed by atoms with van der Waals surface area (Å²) in [6, 6.07) is 5.65. The Balaban J connectivity index is 1.46. The van der Waals surface area contributed by atoms with Crippen molar-refractivity contribution in [3.8, 4) is 11.6 Å². The number of anilines is 1. The second-order valence-electron chi connectivity index (χ2n) is 8.25. The number of carboxylic acids is 1. The number of carboxylic acid groups (broad SMARTS) is 1. The van der Waals surface area contributed by atoms with Gasteiger partial charge in [0.1, 0.15) is 11.8 Å². The highest BCUT2D eigenvalue weighted by Gasteiger charge is 2.33. The summed E-state index contributed by atoms with van der Waals surface area (Å²) in [6.45, 7) is 3.32. The third-order valence-electron chi connectivity index (χ3n) is 5.53. The molecule has 2 aromatic heterocycles. The Morgan fingerprint density at radius 3 is 2.74 bits per heavy atom. The summed E-state index contributed by atoms with van der Waals surface area (Å²) in [5, 5.41) is 11.8. The summed E-state index contributed by atoms with van der Waals surface area (Å²) in [5.41, 5.74) is 7.84. The van der Waals surface area contributed by atoms with E-state index >= 15 is 0 Å². The summed E-state index contributed by atoms with van der Waals surface area (Å²) >= 11 is 0. The minimum absolute atomic E-state index is 0.0442. The van der Waals surface area contributed by atoms with E-state index in [0.29, 0.717) is 29.2 Å². The lowest BCUT2D eigenvalue weighted by Crippen LogP contribution is -2.33. The topological polar surface area (TPSA) is 164 Å². The molecule has 0 amide bonds. The largest absolute Gasteiger partial charge is 0.480 e. The Bertz CT molecular complexity index is 1290. The fourth-order valence-electron chi connectivity index (χ4n) is 3.69. The molecule has 0 aliphatic heterocycles. The lowest BCUT2D eigenvalue weighted by molar-refractivity contribution is -0.138. The number of nitrogen functional groups attached to an aromatic ring is 1. The number of methoxy groups -OCH3 is 1. The van der Waals surface area contributed by atoms with Gasteiger partial charge in [0.15, 0.2) is 11.2 Å². The molecule has 0 saturated carbocycles. The van der Waals surface area contributed by atoms with E-state index in [1.165, 1.54) is 14.0 Å². The van der Waals surface area contributed by atoms with Gasteiger partial charge in [-0.3, -0.25) is 9.32 Å². The number of rotatable bonds is 10. The number of carbonyl (C=O) groups is 1. The van der Waals surface area contributed by atoms with E-state index < -0.39 is 19.8 Å². The number of nitrogens with two attached hydrogens (primary N) is 1. The molecule has 12 nitrogen and oxygen atoms in total. The van der Waals surface area contributed by atoms with Crippen molar-refractivity contribution in [1.82, 2.24) is 24.6 Å². The van der Waals surface area contributed by atoms with Crippen molar-refractivity contribution in [2.75, 3.05) is 19.5 Å². The summed E-state index contributed by atoms with van der Waals surface area (Å²) in [5.74, 6) is -0.618. The summed E-state index contributed by atoms with van der Waals surface area (Å²) in [7, 11) is -2.51. The smallest absolute Gasteiger partial charge is 0.459 e. The van der Waals surface area contributed by atoms with Crippen LogP contribution in [0.25, 0.3) is 11.2 Å². The highest BCUT2D eigenvalue weighted by molar-refractivity contribution is 7.52. The average Bonchev–Trinajstić information content (AvgIpc) is 3.45. The molecule has 2 heterocycles. The van der Waals surface area contributed by atoms with Gasteiger partial charge in [-0.25, -0.2) is 9.55 Å². The van der Waals surface area contributed by atoms with Crippen LogP contribution in [0.5, 0.6) is 11.6 Å². The first-order chi connectivity index (χ1) is 16.7. The van der Waals surface area contributed by atoms with Gasteiger partial charge in [0, 0.05) is 5.92 Å². The number of aliphatic carboxylic acids is 1. The molecule has 1 aliphatic carbocycles. The Morgan fingerprint density at radius 1 is 1.31 bits per heavy atom. The molecule has 3 aromatic rings. The van der Waals surface area contributed by atoms with E-state index in [9.17, 15) is 14.5 Å². The van der Waals surface area contributed by atoms with Crippen molar-refractivity contribution < 1.29 is 28.3 Å². The van der Waals surface area contributed by atoms with Crippen molar-refractivity contribution in [3.63, 3.8) is 0 Å². The van der Waals surface area contributed by atoms with Gasteiger partial charge in [0.05, 0.1) is 26.1 Å². The molecule has 0 spiro atoms. The maximum Gasteiger partial charge on any atom is 0.459 e. The van der Waals surface area contributed by atoms with Crippen LogP contribution in [0, 0.1) is 12.8 Å². The lowest BCUT2D eigenvalue weighted by Gasteiger charge is -2.23. The number of nitrogens with zero attached hydrogens (tertiary/aromatic N) is 4. The minimum Gasteiger partial charge on any atom is -0.480 e.